The van der Waals surface area contributed by atoms with Crippen LogP contribution in [-0.4, -0.2) is 0 Å². The van der Waals surface area contributed by atoms with Crippen molar-refractivity contribution < 1.29 is 0 Å². The predicted molar refractivity (Wildman–Crippen MR) is 81.3 cm³/mol. The van der Waals surface area contributed by atoms with Gasteiger partial charge in [-0.2, -0.15) is 5.26 Å². The van der Waals surface area contributed by atoms with Gasteiger partial charge in [0, 0.05) is 14.6 Å². The zero-order valence-corrected chi connectivity index (χ0v) is 13.0. The van der Waals surface area contributed by atoms with Crippen LogP contribution in [0.4, 0.5) is 11.4 Å². The molecule has 0 spiro atoms. The first-order valence-corrected chi connectivity index (χ1v) is 6.98. The number of nitrogens with zero attached hydrogens (tertiary/aromatic N) is 1. The lowest BCUT2D eigenvalue weighted by molar-refractivity contribution is 1.45. The third-order valence-electron chi connectivity index (χ3n) is 2.30. The lowest BCUT2D eigenvalue weighted by Crippen LogP contribution is -1.93. The Labute approximate surface area is 127 Å². The molecule has 0 bridgehead atoms. The summed E-state index contributed by atoms with van der Waals surface area (Å²) >= 11 is 12.6. The van der Waals surface area contributed by atoms with Crippen LogP contribution in [0.5, 0.6) is 0 Å². The lowest BCUT2D eigenvalue weighted by Gasteiger charge is -2.09. The van der Waals surface area contributed by atoms with Crippen LogP contribution in [0.15, 0.2) is 45.3 Å². The Morgan fingerprint density at radius 3 is 2.56 bits per heavy atom. The van der Waals surface area contributed by atoms with Crippen molar-refractivity contribution >= 4 is 54.8 Å². The average molecular weight is 386 g/mol. The van der Waals surface area contributed by atoms with Gasteiger partial charge in [0.2, 0.25) is 0 Å². The molecule has 5 heteroatoms. The molecule has 2 nitrogen and oxygen atoms in total. The Morgan fingerprint density at radius 2 is 1.89 bits per heavy atom. The van der Waals surface area contributed by atoms with E-state index >= 15 is 0 Å². The fourth-order valence-electron chi connectivity index (χ4n) is 1.45. The van der Waals surface area contributed by atoms with Crippen molar-refractivity contribution in [2.45, 2.75) is 0 Å². The molecule has 0 saturated heterocycles. The van der Waals surface area contributed by atoms with E-state index in [-0.39, 0.29) is 0 Å². The van der Waals surface area contributed by atoms with E-state index in [0.29, 0.717) is 10.6 Å². The first-order chi connectivity index (χ1) is 8.60. The molecule has 18 heavy (non-hydrogen) atoms. The first-order valence-electron chi connectivity index (χ1n) is 5.02. The second-order valence-corrected chi connectivity index (χ2v) is 5.73. The van der Waals surface area contributed by atoms with Crippen molar-refractivity contribution in [2.24, 2.45) is 0 Å². The van der Waals surface area contributed by atoms with Gasteiger partial charge in [-0.15, -0.1) is 0 Å². The minimum atomic E-state index is 0.579. The maximum atomic E-state index is 9.08. The summed E-state index contributed by atoms with van der Waals surface area (Å²) in [7, 11) is 0. The molecule has 0 radical (unpaired) electrons. The van der Waals surface area contributed by atoms with Gasteiger partial charge < -0.3 is 5.32 Å². The van der Waals surface area contributed by atoms with Crippen LogP contribution in [-0.2, 0) is 0 Å². The van der Waals surface area contributed by atoms with Gasteiger partial charge in [0.1, 0.15) is 6.07 Å². The van der Waals surface area contributed by atoms with E-state index in [4.69, 9.17) is 16.9 Å². The molecular formula is C13H7Br2ClN2. The van der Waals surface area contributed by atoms with Gasteiger partial charge in [-0.05, 0) is 52.3 Å². The van der Waals surface area contributed by atoms with Crippen molar-refractivity contribution in [1.82, 2.24) is 0 Å². The molecule has 2 aromatic carbocycles. The van der Waals surface area contributed by atoms with Crippen LogP contribution in [0.2, 0.25) is 5.02 Å². The summed E-state index contributed by atoms with van der Waals surface area (Å²) in [6.07, 6.45) is 0. The largest absolute Gasteiger partial charge is 0.354 e. The number of nitrogens with one attached hydrogen (secondary N) is 1. The number of rotatable bonds is 2. The molecule has 0 unspecified atom stereocenters. The van der Waals surface area contributed by atoms with Gasteiger partial charge in [-0.25, -0.2) is 0 Å². The monoisotopic (exact) mass is 384 g/mol. The first kappa shape index (κ1) is 13.4. The quantitative estimate of drug-likeness (QED) is 0.742. The molecular weight excluding hydrogens is 379 g/mol. The minimum absolute atomic E-state index is 0.579. The topological polar surface area (TPSA) is 35.8 Å². The summed E-state index contributed by atoms with van der Waals surface area (Å²) < 4.78 is 1.69. The van der Waals surface area contributed by atoms with Crippen LogP contribution in [0.3, 0.4) is 0 Å². The van der Waals surface area contributed by atoms with Gasteiger partial charge >= 0.3 is 0 Å². The SMILES string of the molecule is N#Cc1cc(Br)ccc1Nc1ccc(Cl)c(Br)c1. The Hall–Kier alpha value is -1.02. The summed E-state index contributed by atoms with van der Waals surface area (Å²) in [4.78, 5) is 0. The highest BCUT2D eigenvalue weighted by atomic mass is 79.9. The number of nitriles is 1. The molecule has 90 valence electrons. The Kier molecular flexibility index (Phi) is 4.28. The van der Waals surface area contributed by atoms with Crippen LogP contribution in [0.25, 0.3) is 0 Å². The zero-order chi connectivity index (χ0) is 13.1. The maximum absolute atomic E-state index is 9.08. The molecule has 2 rings (SSSR count). The highest BCUT2D eigenvalue weighted by molar-refractivity contribution is 9.10. The highest BCUT2D eigenvalue weighted by Crippen LogP contribution is 2.29. The summed E-state index contributed by atoms with van der Waals surface area (Å²) in [5.74, 6) is 0. The average Bonchev–Trinajstić information content (AvgIpc) is 2.36. The molecule has 0 amide bonds. The molecule has 0 aliphatic rings. The van der Waals surface area contributed by atoms with Crippen molar-refractivity contribution in [1.29, 1.82) is 5.26 Å². The van der Waals surface area contributed by atoms with Crippen molar-refractivity contribution in [3.05, 3.63) is 55.9 Å². The van der Waals surface area contributed by atoms with E-state index in [2.05, 4.69) is 43.2 Å². The number of benzene rings is 2. The van der Waals surface area contributed by atoms with E-state index in [9.17, 15) is 0 Å². The number of hydrogen-bond donors (Lipinski definition) is 1. The third kappa shape index (κ3) is 3.05. The van der Waals surface area contributed by atoms with Crippen molar-refractivity contribution in [2.75, 3.05) is 5.32 Å². The Morgan fingerprint density at radius 1 is 1.11 bits per heavy atom. The molecule has 0 saturated carbocycles. The molecule has 0 atom stereocenters. The number of hydrogen-bond acceptors (Lipinski definition) is 2. The normalized spacial score (nSPS) is 9.89. The van der Waals surface area contributed by atoms with Crippen LogP contribution >= 0.6 is 43.5 Å². The summed E-state index contributed by atoms with van der Waals surface area (Å²) in [5.41, 5.74) is 2.20. The van der Waals surface area contributed by atoms with E-state index in [1.165, 1.54) is 0 Å². The van der Waals surface area contributed by atoms with Crippen LogP contribution in [0, 0.1) is 11.3 Å². The second-order valence-electron chi connectivity index (χ2n) is 3.56. The van der Waals surface area contributed by atoms with Crippen molar-refractivity contribution in [3.63, 3.8) is 0 Å². The number of anilines is 2. The molecule has 0 aliphatic heterocycles. The predicted octanol–water partition coefficient (Wildman–Crippen LogP) is 5.48. The van der Waals surface area contributed by atoms with E-state index < -0.39 is 0 Å². The maximum Gasteiger partial charge on any atom is 0.101 e. The molecule has 2 aromatic rings. The minimum Gasteiger partial charge on any atom is -0.354 e. The van der Waals surface area contributed by atoms with Gasteiger partial charge in [-0.3, -0.25) is 0 Å². The Balaban J connectivity index is 2.34. The van der Waals surface area contributed by atoms with Gasteiger partial charge in [0.25, 0.3) is 0 Å². The van der Waals surface area contributed by atoms with Crippen molar-refractivity contribution in [3.8, 4) is 6.07 Å². The number of halogens is 3. The highest BCUT2D eigenvalue weighted by Gasteiger charge is 2.04. The Bertz CT molecular complexity index is 635. The fraction of sp³-hybridized carbons (Fsp3) is 0. The van der Waals surface area contributed by atoms with Gasteiger partial charge in [-0.1, -0.05) is 27.5 Å². The van der Waals surface area contributed by atoms with Crippen LogP contribution in [0.1, 0.15) is 5.56 Å². The molecule has 0 aliphatic carbocycles. The summed E-state index contributed by atoms with van der Waals surface area (Å²) in [6, 6.07) is 13.2. The lowest BCUT2D eigenvalue weighted by atomic mass is 10.2. The summed E-state index contributed by atoms with van der Waals surface area (Å²) in [5, 5.41) is 12.9. The smallest absolute Gasteiger partial charge is 0.101 e. The van der Waals surface area contributed by atoms with Gasteiger partial charge in [0.15, 0.2) is 0 Å². The fourth-order valence-corrected chi connectivity index (χ4v) is 2.30. The standard InChI is InChI=1S/C13H7Br2ClN2/c14-9-1-4-13(8(5-9)7-17)18-10-2-3-12(16)11(15)6-10/h1-6,18H. The summed E-state index contributed by atoms with van der Waals surface area (Å²) in [6.45, 7) is 0. The molecule has 0 fully saturated rings. The molecule has 0 heterocycles. The molecule has 1 N–H and O–H groups in total. The zero-order valence-electron chi connectivity index (χ0n) is 9.05. The van der Waals surface area contributed by atoms with Crippen LogP contribution < -0.4 is 5.32 Å². The third-order valence-corrected chi connectivity index (χ3v) is 4.01. The van der Waals surface area contributed by atoms with E-state index in [1.807, 2.05) is 24.3 Å². The molecule has 0 aromatic heterocycles. The van der Waals surface area contributed by atoms with Gasteiger partial charge in [0.05, 0.1) is 16.3 Å². The second kappa shape index (κ2) is 5.75. The van der Waals surface area contributed by atoms with E-state index in [0.717, 1.165) is 20.3 Å². The van der Waals surface area contributed by atoms with E-state index in [1.54, 1.807) is 12.1 Å².